The van der Waals surface area contributed by atoms with E-state index in [0.717, 1.165) is 16.3 Å². The van der Waals surface area contributed by atoms with Crippen molar-refractivity contribution >= 4 is 40.0 Å². The minimum atomic E-state index is -0.952. The summed E-state index contributed by atoms with van der Waals surface area (Å²) in [4.78, 5) is 11.7. The van der Waals surface area contributed by atoms with E-state index in [1.165, 1.54) is 0 Å². The molecule has 3 aromatic rings. The van der Waals surface area contributed by atoms with E-state index in [9.17, 15) is 9.90 Å². The Hall–Kier alpha value is -2.58. The normalized spacial score (nSPS) is 11.6. The number of carboxylic acid groups (broad SMARTS) is 1. The van der Waals surface area contributed by atoms with E-state index in [1.807, 2.05) is 42.5 Å². The second kappa shape index (κ2) is 6.04. The first kappa shape index (κ1) is 14.4. The number of aliphatic carboxylic acids is 1. The minimum Gasteiger partial charge on any atom is -0.478 e. The van der Waals surface area contributed by atoms with Gasteiger partial charge in [0.25, 0.3) is 0 Å². The molecule has 0 unspecified atom stereocenters. The molecule has 0 heterocycles. The van der Waals surface area contributed by atoms with Gasteiger partial charge in [0.1, 0.15) is 0 Å². The lowest BCUT2D eigenvalue weighted by Gasteiger charge is -2.08. The van der Waals surface area contributed by atoms with Crippen LogP contribution in [0.3, 0.4) is 0 Å². The van der Waals surface area contributed by atoms with Crippen molar-refractivity contribution in [3.63, 3.8) is 0 Å². The average Bonchev–Trinajstić information content (AvgIpc) is 2.54. The van der Waals surface area contributed by atoms with Crippen molar-refractivity contribution in [1.29, 1.82) is 0 Å². The molecule has 3 rings (SSSR count). The zero-order chi connectivity index (χ0) is 15.5. The molecule has 0 aliphatic heterocycles. The number of hydrogen-bond acceptors (Lipinski definition) is 1. The first-order valence-electron chi connectivity index (χ1n) is 6.84. The van der Waals surface area contributed by atoms with Crippen molar-refractivity contribution in [2.45, 2.75) is 0 Å². The molecule has 0 saturated heterocycles. The third kappa shape index (κ3) is 2.87. The third-order valence-corrected chi connectivity index (χ3v) is 3.74. The van der Waals surface area contributed by atoms with E-state index in [1.54, 1.807) is 30.3 Å². The van der Waals surface area contributed by atoms with E-state index >= 15 is 0 Å². The van der Waals surface area contributed by atoms with E-state index in [0.29, 0.717) is 10.6 Å². The zero-order valence-corrected chi connectivity index (χ0v) is 12.4. The molecule has 0 spiro atoms. The molecule has 0 fully saturated rings. The van der Waals surface area contributed by atoms with Gasteiger partial charge in [-0.3, -0.25) is 0 Å². The van der Waals surface area contributed by atoms with Crippen LogP contribution >= 0.6 is 11.6 Å². The van der Waals surface area contributed by atoms with Gasteiger partial charge in [-0.15, -0.1) is 0 Å². The van der Waals surface area contributed by atoms with Crippen LogP contribution in [-0.4, -0.2) is 11.1 Å². The number of fused-ring (bicyclic) bond motifs is 1. The van der Waals surface area contributed by atoms with Gasteiger partial charge in [-0.05, 0) is 40.1 Å². The fourth-order valence-corrected chi connectivity index (χ4v) is 2.57. The van der Waals surface area contributed by atoms with Gasteiger partial charge in [0, 0.05) is 5.02 Å². The summed E-state index contributed by atoms with van der Waals surface area (Å²) in [5.74, 6) is -0.952. The fourth-order valence-electron chi connectivity index (χ4n) is 2.44. The highest BCUT2D eigenvalue weighted by Crippen LogP contribution is 2.27. The molecule has 1 N–H and O–H groups in total. The largest absolute Gasteiger partial charge is 0.478 e. The Morgan fingerprint density at radius 3 is 2.32 bits per heavy atom. The van der Waals surface area contributed by atoms with Gasteiger partial charge in [0.15, 0.2) is 0 Å². The van der Waals surface area contributed by atoms with Crippen LogP contribution in [0.4, 0.5) is 0 Å². The van der Waals surface area contributed by atoms with Crippen molar-refractivity contribution in [2.75, 3.05) is 0 Å². The molecule has 0 aliphatic carbocycles. The van der Waals surface area contributed by atoms with Gasteiger partial charge in [-0.25, -0.2) is 4.79 Å². The monoisotopic (exact) mass is 308 g/mol. The molecule has 3 heteroatoms. The van der Waals surface area contributed by atoms with Crippen LogP contribution in [0, 0.1) is 0 Å². The number of hydrogen-bond donors (Lipinski definition) is 1. The smallest absolute Gasteiger partial charge is 0.336 e. The topological polar surface area (TPSA) is 37.3 Å². The van der Waals surface area contributed by atoms with Crippen molar-refractivity contribution in [3.8, 4) is 0 Å². The first-order chi connectivity index (χ1) is 10.6. The second-order valence-electron chi connectivity index (χ2n) is 4.94. The van der Waals surface area contributed by atoms with Crippen molar-refractivity contribution in [1.82, 2.24) is 0 Å². The molecule has 0 amide bonds. The molecule has 0 radical (unpaired) electrons. The summed E-state index contributed by atoms with van der Waals surface area (Å²) in [6, 6.07) is 20.5. The van der Waals surface area contributed by atoms with Crippen LogP contribution in [-0.2, 0) is 4.79 Å². The minimum absolute atomic E-state index is 0.263. The molecule has 0 saturated carbocycles. The van der Waals surface area contributed by atoms with E-state index < -0.39 is 5.97 Å². The third-order valence-electron chi connectivity index (χ3n) is 3.49. The molecular weight excluding hydrogens is 296 g/mol. The molecular formula is C19H13ClO2. The van der Waals surface area contributed by atoms with Crippen molar-refractivity contribution in [2.24, 2.45) is 0 Å². The van der Waals surface area contributed by atoms with Crippen molar-refractivity contribution < 1.29 is 9.90 Å². The quantitative estimate of drug-likeness (QED) is 0.538. The zero-order valence-electron chi connectivity index (χ0n) is 11.7. The SMILES string of the molecule is O=C(O)C(=Cc1ccc(Cl)cc1)c1cccc2ccccc12. The maximum Gasteiger partial charge on any atom is 0.336 e. The summed E-state index contributed by atoms with van der Waals surface area (Å²) >= 11 is 5.87. The number of benzene rings is 3. The summed E-state index contributed by atoms with van der Waals surface area (Å²) in [5.41, 5.74) is 1.77. The highest BCUT2D eigenvalue weighted by Gasteiger charge is 2.13. The van der Waals surface area contributed by atoms with Crippen LogP contribution in [0.15, 0.2) is 66.7 Å². The molecule has 0 aromatic heterocycles. The van der Waals surface area contributed by atoms with Gasteiger partial charge in [0.05, 0.1) is 5.57 Å². The highest BCUT2D eigenvalue weighted by atomic mass is 35.5. The van der Waals surface area contributed by atoms with Gasteiger partial charge in [-0.1, -0.05) is 66.2 Å². The molecule has 108 valence electrons. The molecule has 0 aliphatic rings. The summed E-state index contributed by atoms with van der Waals surface area (Å²) in [5, 5.41) is 12.2. The first-order valence-corrected chi connectivity index (χ1v) is 7.21. The molecule has 22 heavy (non-hydrogen) atoms. The average molecular weight is 309 g/mol. The van der Waals surface area contributed by atoms with E-state index in [4.69, 9.17) is 11.6 Å². The molecule has 0 bridgehead atoms. The van der Waals surface area contributed by atoms with E-state index in [2.05, 4.69) is 0 Å². The summed E-state index contributed by atoms with van der Waals surface area (Å²) < 4.78 is 0. The highest BCUT2D eigenvalue weighted by molar-refractivity contribution is 6.30. The number of carbonyl (C=O) groups is 1. The summed E-state index contributed by atoms with van der Waals surface area (Å²) in [7, 11) is 0. The Morgan fingerprint density at radius 1 is 0.909 bits per heavy atom. The van der Waals surface area contributed by atoms with E-state index in [-0.39, 0.29) is 5.57 Å². The number of rotatable bonds is 3. The van der Waals surface area contributed by atoms with Gasteiger partial charge in [-0.2, -0.15) is 0 Å². The van der Waals surface area contributed by atoms with Crippen LogP contribution in [0.5, 0.6) is 0 Å². The van der Waals surface area contributed by atoms with Crippen LogP contribution in [0.1, 0.15) is 11.1 Å². The molecule has 0 atom stereocenters. The summed E-state index contributed by atoms with van der Waals surface area (Å²) in [6.45, 7) is 0. The Morgan fingerprint density at radius 2 is 1.59 bits per heavy atom. The van der Waals surface area contributed by atoms with Crippen LogP contribution in [0.2, 0.25) is 5.02 Å². The lowest BCUT2D eigenvalue weighted by molar-refractivity contribution is -0.130. The molecule has 3 aromatic carbocycles. The maximum absolute atomic E-state index is 11.7. The molecule has 2 nitrogen and oxygen atoms in total. The Labute approximate surface area is 133 Å². The van der Waals surface area contributed by atoms with Gasteiger partial charge in [0.2, 0.25) is 0 Å². The van der Waals surface area contributed by atoms with Gasteiger partial charge < -0.3 is 5.11 Å². The number of carboxylic acids is 1. The Kier molecular flexibility index (Phi) is 3.94. The maximum atomic E-state index is 11.7. The van der Waals surface area contributed by atoms with Crippen LogP contribution < -0.4 is 0 Å². The number of halogens is 1. The van der Waals surface area contributed by atoms with Crippen molar-refractivity contribution in [3.05, 3.63) is 82.9 Å². The predicted molar refractivity (Wildman–Crippen MR) is 90.9 cm³/mol. The lowest BCUT2D eigenvalue weighted by atomic mass is 9.96. The lowest BCUT2D eigenvalue weighted by Crippen LogP contribution is -2.00. The second-order valence-corrected chi connectivity index (χ2v) is 5.38. The van der Waals surface area contributed by atoms with Gasteiger partial charge >= 0.3 is 5.97 Å². The Bertz CT molecular complexity index is 859. The Balaban J connectivity index is 2.19. The summed E-state index contributed by atoms with van der Waals surface area (Å²) in [6.07, 6.45) is 1.67. The fraction of sp³-hybridized carbons (Fsp3) is 0. The predicted octanol–water partition coefficient (Wildman–Crippen LogP) is 5.12. The van der Waals surface area contributed by atoms with Crippen LogP contribution in [0.25, 0.3) is 22.4 Å². The standard InChI is InChI=1S/C19H13ClO2/c20-15-10-8-13(9-11-15)12-18(19(21)22)17-7-3-5-14-4-1-2-6-16(14)17/h1-12H,(H,21,22).